The molecule has 1 atom stereocenters. The summed E-state index contributed by atoms with van der Waals surface area (Å²) in [5.74, 6) is 0.810. The van der Waals surface area contributed by atoms with E-state index in [1.807, 2.05) is 10.5 Å². The van der Waals surface area contributed by atoms with Crippen molar-refractivity contribution in [2.75, 3.05) is 19.7 Å². The van der Waals surface area contributed by atoms with Gasteiger partial charge >= 0.3 is 0 Å². The lowest BCUT2D eigenvalue weighted by atomic mass is 10.3. The molecule has 2 aromatic rings. The molecule has 0 aromatic carbocycles. The molecule has 78 valence electrons. The summed E-state index contributed by atoms with van der Waals surface area (Å²) in [5.41, 5.74) is 0.800. The van der Waals surface area contributed by atoms with E-state index in [4.69, 9.17) is 4.74 Å². The number of ether oxygens (including phenoxy) is 1. The van der Waals surface area contributed by atoms with Gasteiger partial charge in [0.25, 0.3) is 0 Å². The summed E-state index contributed by atoms with van der Waals surface area (Å²) in [6.45, 7) is 2.38. The molecular weight excluding hydrogens is 194 g/mol. The van der Waals surface area contributed by atoms with Crippen LogP contribution in [0.15, 0.2) is 18.6 Å². The van der Waals surface area contributed by atoms with E-state index in [-0.39, 0.29) is 6.10 Å². The van der Waals surface area contributed by atoms with Crippen LogP contribution in [0, 0.1) is 0 Å². The van der Waals surface area contributed by atoms with Crippen molar-refractivity contribution >= 4 is 5.65 Å². The number of aromatic nitrogens is 4. The highest BCUT2D eigenvalue weighted by molar-refractivity contribution is 5.35. The summed E-state index contributed by atoms with van der Waals surface area (Å²) >= 11 is 0. The zero-order valence-corrected chi connectivity index (χ0v) is 8.13. The maximum absolute atomic E-state index is 5.62. The van der Waals surface area contributed by atoms with Crippen LogP contribution in [0.1, 0.15) is 11.9 Å². The van der Waals surface area contributed by atoms with Gasteiger partial charge in [0.15, 0.2) is 11.5 Å². The molecule has 0 amide bonds. The van der Waals surface area contributed by atoms with E-state index in [9.17, 15) is 0 Å². The number of morpholine rings is 1. The lowest BCUT2D eigenvalue weighted by molar-refractivity contribution is 0.0215. The van der Waals surface area contributed by atoms with E-state index in [2.05, 4.69) is 20.5 Å². The maximum Gasteiger partial charge on any atom is 0.169 e. The normalized spacial score (nSPS) is 22.0. The van der Waals surface area contributed by atoms with E-state index >= 15 is 0 Å². The van der Waals surface area contributed by atoms with Crippen molar-refractivity contribution in [2.45, 2.75) is 6.10 Å². The smallest absolute Gasteiger partial charge is 0.169 e. The van der Waals surface area contributed by atoms with E-state index in [0.717, 1.165) is 24.6 Å². The van der Waals surface area contributed by atoms with Crippen LogP contribution in [-0.2, 0) is 4.74 Å². The lowest BCUT2D eigenvalue weighted by Gasteiger charge is -2.21. The van der Waals surface area contributed by atoms with Gasteiger partial charge < -0.3 is 10.1 Å². The van der Waals surface area contributed by atoms with Crippen molar-refractivity contribution in [1.82, 2.24) is 24.9 Å². The predicted octanol–water partition coefficient (Wildman–Crippen LogP) is -0.215. The van der Waals surface area contributed by atoms with Crippen molar-refractivity contribution in [3.05, 3.63) is 24.4 Å². The van der Waals surface area contributed by atoms with Gasteiger partial charge in [-0.05, 0) is 0 Å². The second-order valence-corrected chi connectivity index (χ2v) is 3.43. The molecule has 0 saturated carbocycles. The minimum absolute atomic E-state index is 0.0297. The van der Waals surface area contributed by atoms with Gasteiger partial charge in [0.05, 0.1) is 6.61 Å². The topological polar surface area (TPSA) is 64.3 Å². The number of hydrogen-bond donors (Lipinski definition) is 1. The fourth-order valence-corrected chi connectivity index (χ4v) is 1.71. The van der Waals surface area contributed by atoms with Gasteiger partial charge in [0, 0.05) is 25.4 Å². The third kappa shape index (κ3) is 1.47. The van der Waals surface area contributed by atoms with Crippen LogP contribution in [0.2, 0.25) is 0 Å². The van der Waals surface area contributed by atoms with Gasteiger partial charge in [-0.25, -0.2) is 4.98 Å². The molecule has 0 spiro atoms. The fourth-order valence-electron chi connectivity index (χ4n) is 1.71. The van der Waals surface area contributed by atoms with Gasteiger partial charge in [-0.2, -0.15) is 0 Å². The molecule has 0 radical (unpaired) electrons. The molecule has 0 bridgehead atoms. The molecule has 1 aliphatic heterocycles. The van der Waals surface area contributed by atoms with Gasteiger partial charge in [0.1, 0.15) is 12.4 Å². The summed E-state index contributed by atoms with van der Waals surface area (Å²) in [5, 5.41) is 11.4. The maximum atomic E-state index is 5.62. The minimum atomic E-state index is -0.0297. The first-order valence-electron chi connectivity index (χ1n) is 4.92. The Kier molecular flexibility index (Phi) is 2.08. The first-order chi connectivity index (χ1) is 7.45. The van der Waals surface area contributed by atoms with Crippen LogP contribution in [0.3, 0.4) is 0 Å². The second kappa shape index (κ2) is 3.56. The number of nitrogens with zero attached hydrogens (tertiary/aromatic N) is 4. The highest BCUT2D eigenvalue weighted by Gasteiger charge is 2.20. The van der Waals surface area contributed by atoms with Crippen LogP contribution in [0.4, 0.5) is 0 Å². The number of rotatable bonds is 1. The van der Waals surface area contributed by atoms with Crippen molar-refractivity contribution in [2.24, 2.45) is 0 Å². The third-order valence-electron chi connectivity index (χ3n) is 2.46. The molecule has 3 heterocycles. The fraction of sp³-hybridized carbons (Fsp3) is 0.444. The van der Waals surface area contributed by atoms with E-state index in [0.29, 0.717) is 6.61 Å². The van der Waals surface area contributed by atoms with Gasteiger partial charge in [-0.1, -0.05) is 0 Å². The Bertz CT molecular complexity index is 462. The highest BCUT2D eigenvalue weighted by Crippen LogP contribution is 2.16. The molecule has 1 N–H and O–H groups in total. The Morgan fingerprint density at radius 2 is 2.47 bits per heavy atom. The van der Waals surface area contributed by atoms with Crippen LogP contribution >= 0.6 is 0 Å². The Morgan fingerprint density at radius 3 is 3.33 bits per heavy atom. The van der Waals surface area contributed by atoms with E-state index < -0.39 is 0 Å². The molecule has 3 rings (SSSR count). The highest BCUT2D eigenvalue weighted by atomic mass is 16.5. The monoisotopic (exact) mass is 205 g/mol. The van der Waals surface area contributed by atoms with Crippen molar-refractivity contribution < 1.29 is 4.74 Å². The van der Waals surface area contributed by atoms with E-state index in [1.165, 1.54) is 0 Å². The van der Waals surface area contributed by atoms with E-state index in [1.54, 1.807) is 12.5 Å². The Hall–Kier alpha value is -1.53. The zero-order valence-electron chi connectivity index (χ0n) is 8.13. The zero-order chi connectivity index (χ0) is 10.1. The Morgan fingerprint density at radius 1 is 1.47 bits per heavy atom. The van der Waals surface area contributed by atoms with Crippen LogP contribution in [-0.4, -0.2) is 39.3 Å². The van der Waals surface area contributed by atoms with Gasteiger partial charge in [0.2, 0.25) is 0 Å². The predicted molar refractivity (Wildman–Crippen MR) is 52.3 cm³/mol. The first-order valence-corrected chi connectivity index (χ1v) is 4.92. The van der Waals surface area contributed by atoms with Crippen LogP contribution < -0.4 is 5.32 Å². The summed E-state index contributed by atoms with van der Waals surface area (Å²) in [7, 11) is 0. The minimum Gasteiger partial charge on any atom is -0.368 e. The Labute approximate surface area is 86.3 Å². The summed E-state index contributed by atoms with van der Waals surface area (Å²) < 4.78 is 7.48. The lowest BCUT2D eigenvalue weighted by Crippen LogP contribution is -2.34. The summed E-state index contributed by atoms with van der Waals surface area (Å²) in [6, 6.07) is 1.83. The molecule has 6 heteroatoms. The van der Waals surface area contributed by atoms with Crippen LogP contribution in [0.25, 0.3) is 5.65 Å². The third-order valence-corrected chi connectivity index (χ3v) is 2.46. The molecule has 1 unspecified atom stereocenters. The molecule has 1 fully saturated rings. The van der Waals surface area contributed by atoms with Gasteiger partial charge in [-0.15, -0.1) is 10.2 Å². The Balaban J connectivity index is 2.02. The average molecular weight is 205 g/mol. The van der Waals surface area contributed by atoms with Crippen molar-refractivity contribution in [1.29, 1.82) is 0 Å². The molecule has 15 heavy (non-hydrogen) atoms. The number of nitrogens with one attached hydrogen (secondary N) is 1. The van der Waals surface area contributed by atoms with Crippen LogP contribution in [0.5, 0.6) is 0 Å². The molecule has 1 aliphatic rings. The molecule has 1 saturated heterocycles. The van der Waals surface area contributed by atoms with Crippen molar-refractivity contribution in [3.63, 3.8) is 0 Å². The van der Waals surface area contributed by atoms with Crippen molar-refractivity contribution in [3.8, 4) is 0 Å². The average Bonchev–Trinajstić information content (AvgIpc) is 2.74. The molecular formula is C9H11N5O. The molecule has 6 nitrogen and oxygen atoms in total. The first kappa shape index (κ1) is 8.75. The molecule has 0 aliphatic carbocycles. The number of hydrogen-bond acceptors (Lipinski definition) is 5. The quantitative estimate of drug-likeness (QED) is 0.697. The largest absolute Gasteiger partial charge is 0.368 e. The SMILES string of the molecule is c1cc2nnc(C3CNCCO3)n2cn1. The van der Waals surface area contributed by atoms with Gasteiger partial charge in [-0.3, -0.25) is 4.40 Å². The summed E-state index contributed by atoms with van der Waals surface area (Å²) in [4.78, 5) is 4.05. The molecule has 2 aromatic heterocycles. The standard InChI is InChI=1S/C9H11N5O/c1-2-11-6-14-8(1)12-13-9(14)7-5-10-3-4-15-7/h1-2,6-7,10H,3-5H2. The second-order valence-electron chi connectivity index (χ2n) is 3.43. The number of fused-ring (bicyclic) bond motifs is 1. The summed E-state index contributed by atoms with van der Waals surface area (Å²) in [6.07, 6.45) is 3.38.